The summed E-state index contributed by atoms with van der Waals surface area (Å²) in [6.07, 6.45) is 1.12. The monoisotopic (exact) mass is 473 g/mol. The number of nitrogens with zero attached hydrogens (tertiary/aromatic N) is 5. The molecule has 1 unspecified atom stereocenters. The van der Waals surface area contributed by atoms with E-state index in [-0.39, 0.29) is 24.5 Å². The van der Waals surface area contributed by atoms with Crippen molar-refractivity contribution in [2.24, 2.45) is 0 Å². The fourth-order valence-electron chi connectivity index (χ4n) is 3.96. The van der Waals surface area contributed by atoms with Gasteiger partial charge in [-0.15, -0.1) is 0 Å². The number of rotatable bonds is 6. The van der Waals surface area contributed by atoms with Crippen LogP contribution in [-0.2, 0) is 17.8 Å². The van der Waals surface area contributed by atoms with Crippen molar-refractivity contribution in [2.45, 2.75) is 52.0 Å². The van der Waals surface area contributed by atoms with Crippen LogP contribution in [0.25, 0.3) is 0 Å². The molecule has 1 fully saturated rings. The molecule has 0 spiro atoms. The minimum absolute atomic E-state index is 0.222. The summed E-state index contributed by atoms with van der Waals surface area (Å²) in [7, 11) is 0. The summed E-state index contributed by atoms with van der Waals surface area (Å²) in [5, 5.41) is 10.8. The topological polar surface area (TPSA) is 112 Å². The molecule has 1 amide bonds. The van der Waals surface area contributed by atoms with E-state index in [1.807, 2.05) is 52.0 Å². The molecule has 1 aromatic heterocycles. The van der Waals surface area contributed by atoms with Crippen LogP contribution in [0, 0.1) is 10.1 Å². The minimum Gasteiger partial charge on any atom is -0.489 e. The van der Waals surface area contributed by atoms with Crippen molar-refractivity contribution >= 4 is 11.9 Å². The van der Waals surface area contributed by atoms with Gasteiger partial charge < -0.3 is 29.2 Å². The van der Waals surface area contributed by atoms with Crippen LogP contribution >= 0.6 is 0 Å². The normalized spacial score (nSPS) is 20.5. The highest BCUT2D eigenvalue weighted by atomic mass is 16.6. The van der Waals surface area contributed by atoms with Gasteiger partial charge in [-0.1, -0.05) is 12.1 Å². The summed E-state index contributed by atoms with van der Waals surface area (Å²) < 4.78 is 18.8. The highest BCUT2D eigenvalue weighted by molar-refractivity contribution is 5.68. The fourth-order valence-corrected chi connectivity index (χ4v) is 3.96. The SMILES string of the molecule is CC(C)(C)OC(=O)N1CCN(Cc2ccc(OCC3(C)Cn4cc([N+](=O)[O-])nc4O3)cc2)CC1. The lowest BCUT2D eigenvalue weighted by Crippen LogP contribution is -2.49. The second-order valence-electron chi connectivity index (χ2n) is 9.99. The van der Waals surface area contributed by atoms with Gasteiger partial charge in [0.15, 0.2) is 5.60 Å². The fraction of sp³-hybridized carbons (Fsp3) is 0.565. The number of benzene rings is 1. The van der Waals surface area contributed by atoms with Gasteiger partial charge in [-0.25, -0.2) is 4.79 Å². The number of carbonyl (C=O) groups is 1. The van der Waals surface area contributed by atoms with Gasteiger partial charge in [-0.2, -0.15) is 0 Å². The predicted molar refractivity (Wildman–Crippen MR) is 123 cm³/mol. The van der Waals surface area contributed by atoms with Crippen molar-refractivity contribution in [3.05, 3.63) is 46.1 Å². The molecule has 2 aliphatic rings. The first kappa shape index (κ1) is 23.8. The van der Waals surface area contributed by atoms with Crippen LogP contribution in [0.3, 0.4) is 0 Å². The van der Waals surface area contributed by atoms with E-state index < -0.39 is 16.1 Å². The first-order valence-corrected chi connectivity index (χ1v) is 11.3. The van der Waals surface area contributed by atoms with Crippen LogP contribution in [0.5, 0.6) is 11.8 Å². The van der Waals surface area contributed by atoms with E-state index in [4.69, 9.17) is 14.2 Å². The Labute approximate surface area is 198 Å². The maximum absolute atomic E-state index is 12.2. The first-order valence-electron chi connectivity index (χ1n) is 11.3. The zero-order valence-electron chi connectivity index (χ0n) is 20.0. The Morgan fingerprint density at radius 3 is 2.47 bits per heavy atom. The quantitative estimate of drug-likeness (QED) is 0.465. The standard InChI is InChI=1S/C23H31N5O6/c1-22(2,3)34-21(29)26-11-9-25(10-12-26)13-17-5-7-18(8-6-17)32-16-23(4)15-27-14-19(28(30)31)24-20(27)33-23/h5-8,14H,9-13,15-16H2,1-4H3. The van der Waals surface area contributed by atoms with E-state index in [0.29, 0.717) is 19.6 Å². The largest absolute Gasteiger partial charge is 0.489 e. The van der Waals surface area contributed by atoms with E-state index in [9.17, 15) is 14.9 Å². The van der Waals surface area contributed by atoms with Crippen LogP contribution in [0.15, 0.2) is 30.5 Å². The Morgan fingerprint density at radius 1 is 1.21 bits per heavy atom. The van der Waals surface area contributed by atoms with Gasteiger partial charge in [-0.3, -0.25) is 9.47 Å². The number of hydrogen-bond acceptors (Lipinski definition) is 8. The molecule has 2 aliphatic heterocycles. The third-order valence-electron chi connectivity index (χ3n) is 5.65. The molecular formula is C23H31N5O6. The van der Waals surface area contributed by atoms with Crippen molar-refractivity contribution in [1.29, 1.82) is 0 Å². The number of imidazole rings is 1. The summed E-state index contributed by atoms with van der Waals surface area (Å²) in [5.74, 6) is 0.499. The summed E-state index contributed by atoms with van der Waals surface area (Å²) >= 11 is 0. The second kappa shape index (κ2) is 9.13. The van der Waals surface area contributed by atoms with Gasteiger partial charge in [0.25, 0.3) is 0 Å². The number of fused-ring (bicyclic) bond motifs is 1. The van der Waals surface area contributed by atoms with Crippen molar-refractivity contribution in [2.75, 3.05) is 32.8 Å². The summed E-state index contributed by atoms with van der Waals surface area (Å²) in [6.45, 7) is 11.9. The Balaban J connectivity index is 1.22. The van der Waals surface area contributed by atoms with E-state index >= 15 is 0 Å². The Kier molecular flexibility index (Phi) is 6.39. The van der Waals surface area contributed by atoms with Gasteiger partial charge in [0, 0.05) is 37.7 Å². The number of piperazine rings is 1. The Morgan fingerprint density at radius 2 is 1.88 bits per heavy atom. The van der Waals surface area contributed by atoms with Crippen LogP contribution in [-0.4, -0.2) is 74.4 Å². The molecule has 1 aromatic carbocycles. The Bertz CT molecular complexity index is 1010. The molecule has 1 saturated heterocycles. The van der Waals surface area contributed by atoms with Gasteiger partial charge in [-0.05, 0) is 50.3 Å². The summed E-state index contributed by atoms with van der Waals surface area (Å²) in [6, 6.07) is 8.14. The minimum atomic E-state index is -0.649. The molecule has 4 rings (SSSR count). The third-order valence-corrected chi connectivity index (χ3v) is 5.65. The zero-order valence-corrected chi connectivity index (χ0v) is 20.0. The van der Waals surface area contributed by atoms with Crippen LogP contribution in [0.2, 0.25) is 0 Å². The summed E-state index contributed by atoms with van der Waals surface area (Å²) in [4.78, 5) is 30.5. The molecule has 0 saturated carbocycles. The zero-order chi connectivity index (χ0) is 24.5. The average Bonchev–Trinajstić information content (AvgIpc) is 3.28. The molecule has 3 heterocycles. The predicted octanol–water partition coefficient (Wildman–Crippen LogP) is 3.07. The molecule has 34 heavy (non-hydrogen) atoms. The molecule has 0 aliphatic carbocycles. The third kappa shape index (κ3) is 5.77. The van der Waals surface area contributed by atoms with Crippen molar-refractivity contribution in [1.82, 2.24) is 19.4 Å². The molecule has 0 radical (unpaired) electrons. The number of carbonyl (C=O) groups excluding carboxylic acids is 1. The van der Waals surface area contributed by atoms with Gasteiger partial charge in [0.05, 0.1) is 6.54 Å². The molecule has 1 atom stereocenters. The number of hydrogen-bond donors (Lipinski definition) is 0. The maximum Gasteiger partial charge on any atom is 0.415 e. The van der Waals surface area contributed by atoms with Crippen molar-refractivity contribution in [3.63, 3.8) is 0 Å². The molecular weight excluding hydrogens is 442 g/mol. The lowest BCUT2D eigenvalue weighted by molar-refractivity contribution is -0.389. The number of amides is 1. The summed E-state index contributed by atoms with van der Waals surface area (Å²) in [5.41, 5.74) is 0.0279. The highest BCUT2D eigenvalue weighted by Gasteiger charge is 2.41. The molecule has 184 valence electrons. The van der Waals surface area contributed by atoms with E-state index in [2.05, 4.69) is 9.88 Å². The van der Waals surface area contributed by atoms with Gasteiger partial charge in [0.1, 0.15) is 24.2 Å². The highest BCUT2D eigenvalue weighted by Crippen LogP contribution is 2.31. The number of aromatic nitrogens is 2. The van der Waals surface area contributed by atoms with E-state index in [1.165, 1.54) is 6.20 Å². The molecule has 2 aromatic rings. The van der Waals surface area contributed by atoms with E-state index in [1.54, 1.807) is 9.47 Å². The lowest BCUT2D eigenvalue weighted by Gasteiger charge is -2.35. The van der Waals surface area contributed by atoms with Crippen molar-refractivity contribution in [3.8, 4) is 11.8 Å². The lowest BCUT2D eigenvalue weighted by atomic mass is 10.1. The number of ether oxygens (including phenoxy) is 3. The average molecular weight is 474 g/mol. The second-order valence-corrected chi connectivity index (χ2v) is 9.99. The van der Waals surface area contributed by atoms with E-state index in [0.717, 1.165) is 30.9 Å². The number of nitro groups is 1. The maximum atomic E-state index is 12.2. The Hall–Kier alpha value is -3.34. The van der Waals surface area contributed by atoms with Crippen LogP contribution < -0.4 is 9.47 Å². The molecule has 0 bridgehead atoms. The molecule has 0 N–H and O–H groups in total. The van der Waals surface area contributed by atoms with Crippen molar-refractivity contribution < 1.29 is 23.9 Å². The van der Waals surface area contributed by atoms with Gasteiger partial charge in [0.2, 0.25) is 0 Å². The van der Waals surface area contributed by atoms with Gasteiger partial charge >= 0.3 is 17.9 Å². The first-order chi connectivity index (χ1) is 16.0. The smallest absolute Gasteiger partial charge is 0.415 e. The van der Waals surface area contributed by atoms with Crippen LogP contribution in [0.4, 0.5) is 10.6 Å². The molecule has 11 nitrogen and oxygen atoms in total. The van der Waals surface area contributed by atoms with Crippen LogP contribution in [0.1, 0.15) is 33.3 Å². The molecule has 11 heteroatoms.